The number of ether oxygens (including phenoxy) is 1. The fourth-order valence-electron chi connectivity index (χ4n) is 3.80. The van der Waals surface area contributed by atoms with Gasteiger partial charge in [0, 0.05) is 17.4 Å². The first kappa shape index (κ1) is 18.0. The molecule has 8 nitrogen and oxygen atoms in total. The highest BCUT2D eigenvalue weighted by atomic mass is 32.1. The Labute approximate surface area is 168 Å². The number of nitrogens with two attached hydrogens (primary N) is 1. The van der Waals surface area contributed by atoms with E-state index >= 15 is 0 Å². The molecule has 1 amide bonds. The lowest BCUT2D eigenvalue weighted by molar-refractivity contribution is -0.118. The van der Waals surface area contributed by atoms with E-state index in [1.807, 2.05) is 26.0 Å². The largest absolute Gasteiger partial charge is 0.463 e. The zero-order chi connectivity index (χ0) is 20.3. The van der Waals surface area contributed by atoms with Crippen molar-refractivity contribution in [3.8, 4) is 11.5 Å². The van der Waals surface area contributed by atoms with Crippen LogP contribution in [0.25, 0.3) is 31.9 Å². The Morgan fingerprint density at radius 1 is 1.38 bits per heavy atom. The van der Waals surface area contributed by atoms with Gasteiger partial charge in [0.15, 0.2) is 5.76 Å². The van der Waals surface area contributed by atoms with Crippen LogP contribution in [0.5, 0.6) is 0 Å². The minimum absolute atomic E-state index is 0.208. The quantitative estimate of drug-likeness (QED) is 0.555. The molecule has 1 aliphatic heterocycles. The number of fused-ring (bicyclic) bond motifs is 5. The van der Waals surface area contributed by atoms with E-state index in [-0.39, 0.29) is 17.7 Å². The molecule has 0 saturated carbocycles. The van der Waals surface area contributed by atoms with Gasteiger partial charge in [-0.05, 0) is 31.5 Å². The number of pyridine rings is 1. The third-order valence-electron chi connectivity index (χ3n) is 5.10. The van der Waals surface area contributed by atoms with Gasteiger partial charge in [-0.2, -0.15) is 0 Å². The molecule has 29 heavy (non-hydrogen) atoms. The van der Waals surface area contributed by atoms with Gasteiger partial charge in [0.1, 0.15) is 21.8 Å². The first-order chi connectivity index (χ1) is 13.8. The van der Waals surface area contributed by atoms with Crippen LogP contribution in [0.3, 0.4) is 0 Å². The molecule has 148 valence electrons. The van der Waals surface area contributed by atoms with E-state index in [9.17, 15) is 9.59 Å². The van der Waals surface area contributed by atoms with Crippen LogP contribution in [0.15, 0.2) is 33.9 Å². The Kier molecular flexibility index (Phi) is 3.87. The second-order valence-corrected chi connectivity index (χ2v) is 8.72. The minimum Gasteiger partial charge on any atom is -0.463 e. The average molecular weight is 410 g/mol. The van der Waals surface area contributed by atoms with Gasteiger partial charge in [-0.25, -0.2) is 9.97 Å². The van der Waals surface area contributed by atoms with Gasteiger partial charge < -0.3 is 14.9 Å². The molecule has 0 spiro atoms. The summed E-state index contributed by atoms with van der Waals surface area (Å²) in [5, 5.41) is 0.870. The number of hydrogen-bond donors (Lipinski definition) is 1. The van der Waals surface area contributed by atoms with E-state index in [0.717, 1.165) is 22.2 Å². The molecule has 4 aromatic heterocycles. The van der Waals surface area contributed by atoms with Crippen molar-refractivity contribution < 1.29 is 13.9 Å². The average Bonchev–Trinajstić information content (AvgIpc) is 3.30. The molecular weight excluding hydrogens is 392 g/mol. The molecule has 0 unspecified atom stereocenters. The number of carbonyl (C=O) groups excluding carboxylic acids is 1. The Morgan fingerprint density at radius 2 is 2.21 bits per heavy atom. The first-order valence-electron chi connectivity index (χ1n) is 9.13. The molecule has 0 saturated heterocycles. The lowest BCUT2D eigenvalue weighted by Gasteiger charge is -2.32. The summed E-state index contributed by atoms with van der Waals surface area (Å²) in [4.78, 5) is 34.2. The lowest BCUT2D eigenvalue weighted by Crippen LogP contribution is -2.32. The van der Waals surface area contributed by atoms with Crippen LogP contribution in [0, 0.1) is 0 Å². The molecule has 5 heterocycles. The summed E-state index contributed by atoms with van der Waals surface area (Å²) in [7, 11) is 0. The van der Waals surface area contributed by atoms with Gasteiger partial charge >= 0.3 is 0 Å². The number of amides is 1. The van der Waals surface area contributed by atoms with E-state index in [2.05, 4.69) is 4.98 Å². The van der Waals surface area contributed by atoms with Gasteiger partial charge in [-0.3, -0.25) is 14.2 Å². The Bertz CT molecular complexity index is 1330. The molecule has 0 aliphatic carbocycles. The highest BCUT2D eigenvalue weighted by Gasteiger charge is 2.32. The molecule has 9 heteroatoms. The van der Waals surface area contributed by atoms with Crippen LogP contribution in [0.4, 0.5) is 0 Å². The number of carbonyl (C=O) groups is 1. The van der Waals surface area contributed by atoms with Crippen molar-refractivity contribution in [2.45, 2.75) is 39.0 Å². The number of hydrogen-bond acceptors (Lipinski definition) is 7. The smallest absolute Gasteiger partial charge is 0.271 e. The van der Waals surface area contributed by atoms with E-state index in [4.69, 9.17) is 19.9 Å². The van der Waals surface area contributed by atoms with E-state index < -0.39 is 5.91 Å². The van der Waals surface area contributed by atoms with Crippen LogP contribution in [-0.4, -0.2) is 26.0 Å². The van der Waals surface area contributed by atoms with Crippen molar-refractivity contribution in [1.29, 1.82) is 0 Å². The second kappa shape index (κ2) is 6.23. The first-order valence-corrected chi connectivity index (χ1v) is 9.95. The molecule has 0 radical (unpaired) electrons. The highest BCUT2D eigenvalue weighted by molar-refractivity contribution is 7.25. The molecule has 0 atom stereocenters. The topological polar surface area (TPSA) is 113 Å². The van der Waals surface area contributed by atoms with E-state index in [0.29, 0.717) is 33.8 Å². The molecule has 5 rings (SSSR count). The molecule has 0 aromatic carbocycles. The van der Waals surface area contributed by atoms with Crippen LogP contribution in [-0.2, 0) is 29.1 Å². The van der Waals surface area contributed by atoms with Gasteiger partial charge in [-0.1, -0.05) is 0 Å². The number of furan rings is 1. The van der Waals surface area contributed by atoms with Crippen molar-refractivity contribution in [2.24, 2.45) is 5.73 Å². The molecule has 2 N–H and O–H groups in total. The Morgan fingerprint density at radius 3 is 2.93 bits per heavy atom. The third-order valence-corrected chi connectivity index (χ3v) is 6.16. The summed E-state index contributed by atoms with van der Waals surface area (Å²) in [5.74, 6) is 0.0619. The number of aromatic nitrogens is 3. The maximum atomic E-state index is 12.9. The molecule has 0 bridgehead atoms. The van der Waals surface area contributed by atoms with Gasteiger partial charge in [-0.15, -0.1) is 11.3 Å². The molecular formula is C20H18N4O4S. The summed E-state index contributed by atoms with van der Waals surface area (Å²) in [5.41, 5.74) is 7.95. The molecule has 1 aliphatic rings. The SMILES string of the molecule is CC1(C)Cc2c(c(-c3ccco3)nc3sc4c(=O)n(CC(N)=O)cnc4c23)CO1. The van der Waals surface area contributed by atoms with Gasteiger partial charge in [0.05, 0.1) is 30.3 Å². The monoisotopic (exact) mass is 410 g/mol. The minimum atomic E-state index is -0.594. The van der Waals surface area contributed by atoms with Gasteiger partial charge in [0.2, 0.25) is 5.91 Å². The van der Waals surface area contributed by atoms with Crippen molar-refractivity contribution in [2.75, 3.05) is 0 Å². The van der Waals surface area contributed by atoms with Crippen molar-refractivity contribution in [3.63, 3.8) is 0 Å². The van der Waals surface area contributed by atoms with Crippen LogP contribution in [0.2, 0.25) is 0 Å². The maximum absolute atomic E-state index is 12.9. The molecule has 0 fully saturated rings. The third kappa shape index (κ3) is 2.85. The van der Waals surface area contributed by atoms with Crippen LogP contribution < -0.4 is 11.3 Å². The highest BCUT2D eigenvalue weighted by Crippen LogP contribution is 2.42. The number of primary amides is 1. The summed E-state index contributed by atoms with van der Waals surface area (Å²) >= 11 is 1.27. The number of rotatable bonds is 3. The van der Waals surface area contributed by atoms with Crippen molar-refractivity contribution in [1.82, 2.24) is 14.5 Å². The predicted octanol–water partition coefficient (Wildman–Crippen LogP) is 2.60. The lowest BCUT2D eigenvalue weighted by atomic mass is 9.89. The fourth-order valence-corrected chi connectivity index (χ4v) is 4.90. The van der Waals surface area contributed by atoms with Crippen molar-refractivity contribution in [3.05, 3.63) is 46.2 Å². The summed E-state index contributed by atoms with van der Waals surface area (Å²) < 4.78 is 13.3. The zero-order valence-corrected chi connectivity index (χ0v) is 16.7. The molecule has 4 aromatic rings. The fraction of sp³-hybridized carbons (Fsp3) is 0.300. The number of thiophene rings is 1. The van der Waals surface area contributed by atoms with E-state index in [1.165, 1.54) is 22.2 Å². The maximum Gasteiger partial charge on any atom is 0.271 e. The van der Waals surface area contributed by atoms with Crippen LogP contribution in [0.1, 0.15) is 25.0 Å². The normalized spacial score (nSPS) is 15.7. The Hall–Kier alpha value is -3.04. The summed E-state index contributed by atoms with van der Waals surface area (Å²) in [6, 6.07) is 3.68. The summed E-state index contributed by atoms with van der Waals surface area (Å²) in [6.07, 6.45) is 3.64. The van der Waals surface area contributed by atoms with E-state index in [1.54, 1.807) is 6.26 Å². The Balaban J connectivity index is 1.86. The summed E-state index contributed by atoms with van der Waals surface area (Å²) in [6.45, 7) is 4.27. The zero-order valence-electron chi connectivity index (χ0n) is 15.9. The van der Waals surface area contributed by atoms with Crippen LogP contribution >= 0.6 is 11.3 Å². The standard InChI is InChI=1S/C20H18N4O4S/c1-20(2)6-10-11(8-28-20)15(12-4-3-5-27-12)23-18-14(10)16-17(29-18)19(26)24(9-22-16)7-13(21)25/h3-5,9H,6-8H2,1-2H3,(H2,21,25). The van der Waals surface area contributed by atoms with Gasteiger partial charge in [0.25, 0.3) is 5.56 Å². The predicted molar refractivity (Wildman–Crippen MR) is 109 cm³/mol. The second-order valence-electron chi connectivity index (χ2n) is 7.72. The number of nitrogens with zero attached hydrogens (tertiary/aromatic N) is 3. The van der Waals surface area contributed by atoms with Crippen molar-refractivity contribution >= 4 is 37.7 Å².